The molecule has 2 aliphatic rings. The Morgan fingerprint density at radius 3 is 2.30 bits per heavy atom. The highest BCUT2D eigenvalue weighted by molar-refractivity contribution is 5.92. The van der Waals surface area contributed by atoms with E-state index in [0.29, 0.717) is 17.5 Å². The molecule has 2 atom stereocenters. The van der Waals surface area contributed by atoms with E-state index in [1.807, 2.05) is 17.9 Å². The first-order chi connectivity index (χ1) is 11.2. The molecule has 0 aromatic carbocycles. The van der Waals surface area contributed by atoms with Crippen LogP contribution in [-0.4, -0.2) is 56.9 Å². The number of rotatable bonds is 2. The van der Waals surface area contributed by atoms with E-state index in [1.54, 1.807) is 24.8 Å². The van der Waals surface area contributed by atoms with Gasteiger partial charge >= 0.3 is 0 Å². The lowest BCUT2D eigenvalue weighted by Crippen LogP contribution is -2.34. The quantitative estimate of drug-likeness (QED) is 0.816. The Labute approximate surface area is 134 Å². The summed E-state index contributed by atoms with van der Waals surface area (Å²) in [4.78, 5) is 33.6. The molecule has 0 spiro atoms. The molecule has 0 radical (unpaired) electrons. The van der Waals surface area contributed by atoms with Gasteiger partial charge in [0, 0.05) is 56.6 Å². The molecular weight excluding hydrogens is 292 g/mol. The van der Waals surface area contributed by atoms with Crippen LogP contribution >= 0.6 is 0 Å². The minimum atomic E-state index is -0.0191. The topological polar surface area (TPSA) is 75.1 Å². The van der Waals surface area contributed by atoms with Crippen molar-refractivity contribution < 1.29 is 4.79 Å². The van der Waals surface area contributed by atoms with Crippen LogP contribution < -0.4 is 4.90 Å². The summed E-state index contributed by atoms with van der Waals surface area (Å²) in [6, 6.07) is 1.82. The molecule has 0 unspecified atom stereocenters. The summed E-state index contributed by atoms with van der Waals surface area (Å²) in [7, 11) is 0. The van der Waals surface area contributed by atoms with Crippen LogP contribution in [0.15, 0.2) is 30.9 Å². The van der Waals surface area contributed by atoms with Crippen LogP contribution in [0.25, 0.3) is 0 Å². The molecule has 7 heteroatoms. The van der Waals surface area contributed by atoms with Crippen molar-refractivity contribution in [1.29, 1.82) is 0 Å². The Bertz CT molecular complexity index is 690. The zero-order chi connectivity index (χ0) is 15.8. The maximum absolute atomic E-state index is 12.5. The second-order valence-corrected chi connectivity index (χ2v) is 6.23. The number of carbonyl (C=O) groups excluding carboxylic acids is 1. The molecule has 0 saturated carbocycles. The van der Waals surface area contributed by atoms with Gasteiger partial charge < -0.3 is 9.80 Å². The highest BCUT2D eigenvalue weighted by atomic mass is 16.2. The van der Waals surface area contributed by atoms with Crippen molar-refractivity contribution in [2.45, 2.75) is 6.92 Å². The molecule has 7 nitrogen and oxygen atoms in total. The van der Waals surface area contributed by atoms with Gasteiger partial charge in [-0.3, -0.25) is 9.78 Å². The molecule has 0 N–H and O–H groups in total. The van der Waals surface area contributed by atoms with E-state index in [0.717, 1.165) is 37.8 Å². The molecule has 4 heterocycles. The minimum absolute atomic E-state index is 0.0191. The fraction of sp³-hybridized carbons (Fsp3) is 0.438. The lowest BCUT2D eigenvalue weighted by Gasteiger charge is -2.21. The summed E-state index contributed by atoms with van der Waals surface area (Å²) < 4.78 is 0. The van der Waals surface area contributed by atoms with E-state index in [1.165, 1.54) is 0 Å². The Balaban J connectivity index is 1.42. The van der Waals surface area contributed by atoms with Gasteiger partial charge in [-0.05, 0) is 13.0 Å². The Kier molecular flexibility index (Phi) is 3.40. The minimum Gasteiger partial charge on any atom is -0.340 e. The van der Waals surface area contributed by atoms with Gasteiger partial charge in [0.2, 0.25) is 5.95 Å². The highest BCUT2D eigenvalue weighted by Gasteiger charge is 2.42. The van der Waals surface area contributed by atoms with E-state index in [-0.39, 0.29) is 5.91 Å². The molecule has 2 saturated heterocycles. The van der Waals surface area contributed by atoms with Crippen LogP contribution in [0.2, 0.25) is 0 Å². The van der Waals surface area contributed by atoms with Crippen molar-refractivity contribution in [3.63, 3.8) is 0 Å². The SMILES string of the molecule is Cc1cnc(C(=O)N2C[C@@H]3CN(c4ncccn4)C[C@@H]3C2)cn1. The average molecular weight is 310 g/mol. The maximum atomic E-state index is 12.5. The molecule has 0 bridgehead atoms. The number of amides is 1. The van der Waals surface area contributed by atoms with Crippen LogP contribution in [0.1, 0.15) is 16.2 Å². The predicted octanol–water partition coefficient (Wildman–Crippen LogP) is 0.783. The van der Waals surface area contributed by atoms with Gasteiger partial charge in [0.05, 0.1) is 11.9 Å². The molecular formula is C16H18N6O. The number of nitrogens with zero attached hydrogens (tertiary/aromatic N) is 6. The van der Waals surface area contributed by atoms with Crippen molar-refractivity contribution in [3.8, 4) is 0 Å². The van der Waals surface area contributed by atoms with Crippen molar-refractivity contribution in [1.82, 2.24) is 24.8 Å². The fourth-order valence-electron chi connectivity index (χ4n) is 3.44. The smallest absolute Gasteiger partial charge is 0.274 e. The lowest BCUT2D eigenvalue weighted by molar-refractivity contribution is 0.0776. The molecule has 2 aromatic heterocycles. The van der Waals surface area contributed by atoms with Crippen LogP contribution in [0.5, 0.6) is 0 Å². The monoisotopic (exact) mass is 310 g/mol. The van der Waals surface area contributed by atoms with Crippen LogP contribution in [0.3, 0.4) is 0 Å². The van der Waals surface area contributed by atoms with Crippen molar-refractivity contribution in [2.75, 3.05) is 31.1 Å². The molecule has 0 aliphatic carbocycles. The van der Waals surface area contributed by atoms with E-state index in [9.17, 15) is 4.79 Å². The Morgan fingerprint density at radius 2 is 1.70 bits per heavy atom. The molecule has 1 amide bonds. The third-order valence-corrected chi connectivity index (χ3v) is 4.61. The first-order valence-corrected chi connectivity index (χ1v) is 7.80. The summed E-state index contributed by atoms with van der Waals surface area (Å²) in [6.45, 7) is 5.20. The number of carbonyl (C=O) groups is 1. The van der Waals surface area contributed by atoms with Gasteiger partial charge in [-0.1, -0.05) is 0 Å². The lowest BCUT2D eigenvalue weighted by atomic mass is 10.0. The van der Waals surface area contributed by atoms with Crippen molar-refractivity contribution >= 4 is 11.9 Å². The summed E-state index contributed by atoms with van der Waals surface area (Å²) >= 11 is 0. The zero-order valence-electron chi connectivity index (χ0n) is 13.0. The van der Waals surface area contributed by atoms with E-state index >= 15 is 0 Å². The summed E-state index contributed by atoms with van der Waals surface area (Å²) in [5.74, 6) is 1.71. The Morgan fingerprint density at radius 1 is 1.00 bits per heavy atom. The number of aromatic nitrogens is 4. The predicted molar refractivity (Wildman–Crippen MR) is 83.9 cm³/mol. The zero-order valence-corrected chi connectivity index (χ0v) is 13.0. The first kappa shape index (κ1) is 14.0. The van der Waals surface area contributed by atoms with Gasteiger partial charge in [-0.2, -0.15) is 0 Å². The fourth-order valence-corrected chi connectivity index (χ4v) is 3.44. The number of anilines is 1. The summed E-state index contributed by atoms with van der Waals surface area (Å²) in [5.41, 5.74) is 1.25. The van der Waals surface area contributed by atoms with Gasteiger partial charge in [-0.15, -0.1) is 0 Å². The number of fused-ring (bicyclic) bond motifs is 1. The summed E-state index contributed by atoms with van der Waals surface area (Å²) in [6.07, 6.45) is 6.74. The van der Waals surface area contributed by atoms with Gasteiger partial charge in [0.1, 0.15) is 5.69 Å². The Hall–Kier alpha value is -2.57. The standard InChI is InChI=1S/C16H18N6O/c1-11-5-20-14(6-19-11)15(23)21-7-12-9-22(10-13(12)8-21)16-17-3-2-4-18-16/h2-6,12-13H,7-10H2,1H3/t12-,13+. The van der Waals surface area contributed by atoms with E-state index < -0.39 is 0 Å². The second-order valence-electron chi connectivity index (χ2n) is 6.23. The average Bonchev–Trinajstić information content (AvgIpc) is 3.14. The van der Waals surface area contributed by atoms with Crippen LogP contribution in [-0.2, 0) is 0 Å². The number of likely N-dealkylation sites (tertiary alicyclic amines) is 1. The molecule has 4 rings (SSSR count). The number of hydrogen-bond donors (Lipinski definition) is 0. The van der Waals surface area contributed by atoms with Gasteiger partial charge in [0.15, 0.2) is 0 Å². The number of aryl methyl sites for hydroxylation is 1. The number of hydrogen-bond acceptors (Lipinski definition) is 6. The maximum Gasteiger partial charge on any atom is 0.274 e. The molecule has 118 valence electrons. The normalized spacial score (nSPS) is 23.2. The molecule has 23 heavy (non-hydrogen) atoms. The van der Waals surface area contributed by atoms with Gasteiger partial charge in [0.25, 0.3) is 5.91 Å². The molecule has 2 aromatic rings. The molecule has 2 fully saturated rings. The van der Waals surface area contributed by atoms with E-state index in [2.05, 4.69) is 24.8 Å². The molecule has 2 aliphatic heterocycles. The van der Waals surface area contributed by atoms with Crippen LogP contribution in [0.4, 0.5) is 5.95 Å². The third kappa shape index (κ3) is 2.62. The highest BCUT2D eigenvalue weighted by Crippen LogP contribution is 2.33. The van der Waals surface area contributed by atoms with Gasteiger partial charge in [-0.25, -0.2) is 15.0 Å². The summed E-state index contributed by atoms with van der Waals surface area (Å²) in [5, 5.41) is 0. The van der Waals surface area contributed by atoms with Crippen molar-refractivity contribution in [3.05, 3.63) is 42.2 Å². The largest absolute Gasteiger partial charge is 0.340 e. The van der Waals surface area contributed by atoms with Crippen molar-refractivity contribution in [2.24, 2.45) is 11.8 Å². The first-order valence-electron chi connectivity index (χ1n) is 7.80. The van der Waals surface area contributed by atoms with Crippen LogP contribution in [0, 0.1) is 18.8 Å². The third-order valence-electron chi connectivity index (χ3n) is 4.61. The van der Waals surface area contributed by atoms with E-state index in [4.69, 9.17) is 0 Å². The second kappa shape index (κ2) is 5.57.